The zero-order valence-corrected chi connectivity index (χ0v) is 14.2. The van der Waals surface area contributed by atoms with Gasteiger partial charge in [0.05, 0.1) is 11.1 Å². The minimum absolute atomic E-state index is 0.624. The lowest BCUT2D eigenvalue weighted by Gasteiger charge is -2.10. The Bertz CT molecular complexity index is 606. The number of rotatable bonds is 5. The van der Waals surface area contributed by atoms with Crippen LogP contribution in [0.4, 0.5) is 5.69 Å². The second kappa shape index (κ2) is 7.25. The molecule has 0 amide bonds. The summed E-state index contributed by atoms with van der Waals surface area (Å²) in [7, 11) is 0. The van der Waals surface area contributed by atoms with E-state index < -0.39 is 0 Å². The van der Waals surface area contributed by atoms with E-state index in [1.54, 1.807) is 11.8 Å². The first-order chi connectivity index (χ1) is 9.58. The van der Waals surface area contributed by atoms with E-state index >= 15 is 0 Å². The fraction of sp³-hybridized carbons (Fsp3) is 0.200. The lowest BCUT2D eigenvalue weighted by Crippen LogP contribution is -2.01. The molecule has 0 atom stereocenters. The second-order valence-corrected chi connectivity index (χ2v) is 6.67. The van der Waals surface area contributed by atoms with Crippen molar-refractivity contribution in [1.82, 2.24) is 0 Å². The van der Waals surface area contributed by atoms with Crippen LogP contribution >= 0.6 is 39.3 Å². The van der Waals surface area contributed by atoms with Crippen LogP contribution in [0, 0.1) is 6.92 Å². The van der Waals surface area contributed by atoms with Crippen LogP contribution in [0.25, 0.3) is 0 Å². The summed E-state index contributed by atoms with van der Waals surface area (Å²) in [5.41, 5.74) is 7.85. The molecule has 0 bridgehead atoms. The van der Waals surface area contributed by atoms with Gasteiger partial charge in [-0.25, -0.2) is 0 Å². The molecule has 0 saturated carbocycles. The molecule has 2 N–H and O–H groups in total. The zero-order valence-electron chi connectivity index (χ0n) is 11.0. The molecule has 2 aromatic rings. The third-order valence-electron chi connectivity index (χ3n) is 2.82. The monoisotopic (exact) mass is 371 g/mol. The molecule has 5 heteroatoms. The predicted octanol–water partition coefficient (Wildman–Crippen LogP) is 5.16. The number of thioether (sulfide) groups is 1. The van der Waals surface area contributed by atoms with Crippen LogP contribution in [0.3, 0.4) is 0 Å². The van der Waals surface area contributed by atoms with Crippen molar-refractivity contribution in [1.29, 1.82) is 0 Å². The molecule has 0 aliphatic rings. The number of ether oxygens (including phenoxy) is 1. The van der Waals surface area contributed by atoms with Gasteiger partial charge in [0.15, 0.2) is 0 Å². The number of benzene rings is 2. The molecule has 0 heterocycles. The van der Waals surface area contributed by atoms with Crippen LogP contribution in [-0.4, -0.2) is 12.4 Å². The van der Waals surface area contributed by atoms with Gasteiger partial charge in [0, 0.05) is 21.4 Å². The third-order valence-corrected chi connectivity index (χ3v) is 4.80. The van der Waals surface area contributed by atoms with Gasteiger partial charge in [-0.1, -0.05) is 17.7 Å². The van der Waals surface area contributed by atoms with Gasteiger partial charge in [0.2, 0.25) is 0 Å². The number of anilines is 1. The first-order valence-electron chi connectivity index (χ1n) is 6.13. The average molecular weight is 373 g/mol. The predicted molar refractivity (Wildman–Crippen MR) is 91.0 cm³/mol. The van der Waals surface area contributed by atoms with Crippen molar-refractivity contribution in [2.24, 2.45) is 0 Å². The Labute approximate surface area is 136 Å². The van der Waals surface area contributed by atoms with Crippen LogP contribution in [0.5, 0.6) is 5.75 Å². The Morgan fingerprint density at radius 3 is 2.85 bits per heavy atom. The Morgan fingerprint density at radius 1 is 1.30 bits per heavy atom. The Morgan fingerprint density at radius 2 is 2.10 bits per heavy atom. The molecule has 2 nitrogen and oxygen atoms in total. The molecule has 0 aliphatic carbocycles. The summed E-state index contributed by atoms with van der Waals surface area (Å²) in [5.74, 6) is 1.67. The summed E-state index contributed by atoms with van der Waals surface area (Å²) >= 11 is 11.1. The Balaban J connectivity index is 1.86. The summed E-state index contributed by atoms with van der Waals surface area (Å²) in [4.78, 5) is 1.20. The molecule has 0 aromatic heterocycles. The Kier molecular flexibility index (Phi) is 5.64. The fourth-order valence-corrected chi connectivity index (χ4v) is 3.38. The minimum Gasteiger partial charge on any atom is -0.492 e. The maximum absolute atomic E-state index is 5.89. The van der Waals surface area contributed by atoms with E-state index in [0.717, 1.165) is 27.2 Å². The van der Waals surface area contributed by atoms with Crippen molar-refractivity contribution in [2.75, 3.05) is 18.1 Å². The summed E-state index contributed by atoms with van der Waals surface area (Å²) in [6.45, 7) is 2.66. The van der Waals surface area contributed by atoms with Gasteiger partial charge in [-0.05, 0) is 58.7 Å². The summed E-state index contributed by atoms with van der Waals surface area (Å²) < 4.78 is 6.60. The molecule has 2 rings (SSSR count). The SMILES string of the molecule is Cc1c(N)cccc1SCCOc1ccc(Cl)cc1Br. The molecule has 106 valence electrons. The highest BCUT2D eigenvalue weighted by Gasteiger charge is 2.04. The van der Waals surface area contributed by atoms with Crippen LogP contribution < -0.4 is 10.5 Å². The lowest BCUT2D eigenvalue weighted by molar-refractivity contribution is 0.342. The summed E-state index contributed by atoms with van der Waals surface area (Å²) in [6.07, 6.45) is 0. The number of nitrogens with two attached hydrogens (primary N) is 1. The molecule has 20 heavy (non-hydrogen) atoms. The maximum Gasteiger partial charge on any atom is 0.133 e. The number of hydrogen-bond donors (Lipinski definition) is 1. The van der Waals surface area contributed by atoms with E-state index in [0.29, 0.717) is 11.6 Å². The number of halogens is 2. The van der Waals surface area contributed by atoms with E-state index in [2.05, 4.69) is 22.0 Å². The normalized spacial score (nSPS) is 10.6. The molecule has 2 aromatic carbocycles. The number of nitrogen functional groups attached to an aromatic ring is 1. The highest BCUT2D eigenvalue weighted by molar-refractivity contribution is 9.10. The van der Waals surface area contributed by atoms with E-state index in [4.69, 9.17) is 22.1 Å². The molecule has 0 radical (unpaired) electrons. The largest absolute Gasteiger partial charge is 0.492 e. The van der Waals surface area contributed by atoms with E-state index in [1.807, 2.05) is 37.3 Å². The van der Waals surface area contributed by atoms with E-state index in [9.17, 15) is 0 Å². The van der Waals surface area contributed by atoms with Gasteiger partial charge >= 0.3 is 0 Å². The van der Waals surface area contributed by atoms with Crippen molar-refractivity contribution in [2.45, 2.75) is 11.8 Å². The molecule has 0 aliphatic heterocycles. The van der Waals surface area contributed by atoms with Crippen LogP contribution in [0.2, 0.25) is 5.02 Å². The average Bonchev–Trinajstić information content (AvgIpc) is 2.41. The van der Waals surface area contributed by atoms with Crippen LogP contribution in [-0.2, 0) is 0 Å². The highest BCUT2D eigenvalue weighted by Crippen LogP contribution is 2.29. The van der Waals surface area contributed by atoms with Gasteiger partial charge in [-0.3, -0.25) is 0 Å². The lowest BCUT2D eigenvalue weighted by atomic mass is 10.2. The zero-order chi connectivity index (χ0) is 14.5. The first kappa shape index (κ1) is 15.5. The van der Waals surface area contributed by atoms with Crippen molar-refractivity contribution in [3.05, 3.63) is 51.5 Å². The third kappa shape index (κ3) is 4.08. The molecule has 0 saturated heterocycles. The van der Waals surface area contributed by atoms with Gasteiger partial charge in [-0.2, -0.15) is 0 Å². The van der Waals surface area contributed by atoms with Crippen molar-refractivity contribution >= 4 is 45.0 Å². The van der Waals surface area contributed by atoms with Gasteiger partial charge < -0.3 is 10.5 Å². The summed E-state index contributed by atoms with van der Waals surface area (Å²) in [6, 6.07) is 11.5. The number of hydrogen-bond acceptors (Lipinski definition) is 3. The van der Waals surface area contributed by atoms with Crippen molar-refractivity contribution < 1.29 is 4.74 Å². The first-order valence-corrected chi connectivity index (χ1v) is 8.29. The molecule has 0 fully saturated rings. The van der Waals surface area contributed by atoms with Crippen molar-refractivity contribution in [3.63, 3.8) is 0 Å². The van der Waals surface area contributed by atoms with Crippen molar-refractivity contribution in [3.8, 4) is 5.75 Å². The Hall–Kier alpha value is -0.840. The topological polar surface area (TPSA) is 35.2 Å². The minimum atomic E-state index is 0.624. The molecule has 0 spiro atoms. The molecular weight excluding hydrogens is 358 g/mol. The molecular formula is C15H15BrClNOS. The highest BCUT2D eigenvalue weighted by atomic mass is 79.9. The fourth-order valence-electron chi connectivity index (χ4n) is 1.68. The van der Waals surface area contributed by atoms with Gasteiger partial charge in [0.25, 0.3) is 0 Å². The quantitative estimate of drug-likeness (QED) is 0.447. The van der Waals surface area contributed by atoms with E-state index in [1.165, 1.54) is 4.90 Å². The van der Waals surface area contributed by atoms with Crippen LogP contribution in [0.1, 0.15) is 5.56 Å². The van der Waals surface area contributed by atoms with Crippen LogP contribution in [0.15, 0.2) is 45.8 Å². The molecule has 0 unspecified atom stereocenters. The summed E-state index contributed by atoms with van der Waals surface area (Å²) in [5, 5.41) is 0.689. The van der Waals surface area contributed by atoms with Gasteiger partial charge in [0.1, 0.15) is 5.75 Å². The smallest absolute Gasteiger partial charge is 0.133 e. The van der Waals surface area contributed by atoms with Gasteiger partial charge in [-0.15, -0.1) is 11.8 Å². The van der Waals surface area contributed by atoms with E-state index in [-0.39, 0.29) is 0 Å². The second-order valence-electron chi connectivity index (χ2n) is 4.24. The standard InChI is InChI=1S/C15H15BrClNOS/c1-10-13(18)3-2-4-15(10)20-8-7-19-14-6-5-11(17)9-12(14)16/h2-6,9H,7-8,18H2,1H3. The maximum atomic E-state index is 5.89.